The largest absolute Gasteiger partial charge is 0.379 e. The number of ether oxygens (including phenoxy) is 1. The number of hydrogen-bond acceptors (Lipinski definition) is 4. The second-order valence-electron chi connectivity index (χ2n) is 4.01. The Morgan fingerprint density at radius 3 is 2.81 bits per heavy atom. The van der Waals surface area contributed by atoms with Crippen LogP contribution >= 0.6 is 0 Å². The highest BCUT2D eigenvalue weighted by Gasteiger charge is 2.31. The van der Waals surface area contributed by atoms with Crippen molar-refractivity contribution in [2.24, 2.45) is 0 Å². The van der Waals surface area contributed by atoms with Crippen molar-refractivity contribution < 1.29 is 14.3 Å². The minimum absolute atomic E-state index is 0.167. The van der Waals surface area contributed by atoms with Gasteiger partial charge in [0.05, 0.1) is 18.2 Å². The van der Waals surface area contributed by atoms with E-state index in [9.17, 15) is 9.59 Å². The zero-order valence-corrected chi connectivity index (χ0v) is 9.21. The lowest BCUT2D eigenvalue weighted by molar-refractivity contribution is -0.141. The van der Waals surface area contributed by atoms with Crippen molar-refractivity contribution in [1.82, 2.24) is 10.6 Å². The van der Waals surface area contributed by atoms with E-state index in [1.165, 1.54) is 0 Å². The zero-order chi connectivity index (χ0) is 12.0. The summed E-state index contributed by atoms with van der Waals surface area (Å²) in [4.78, 5) is 22.6. The lowest BCUT2D eigenvalue weighted by atomic mass is 9.95. The van der Waals surface area contributed by atoms with E-state index < -0.39 is 17.4 Å². The second-order valence-corrected chi connectivity index (χ2v) is 4.01. The average molecular weight is 225 g/mol. The van der Waals surface area contributed by atoms with Crippen molar-refractivity contribution in [3.05, 3.63) is 0 Å². The fraction of sp³-hybridized carbons (Fsp3) is 0.700. The van der Waals surface area contributed by atoms with Crippen molar-refractivity contribution in [2.45, 2.75) is 25.3 Å². The van der Waals surface area contributed by atoms with Gasteiger partial charge >= 0.3 is 11.8 Å². The third-order valence-electron chi connectivity index (χ3n) is 2.39. The molecule has 16 heavy (non-hydrogen) atoms. The number of rotatable bonds is 2. The molecule has 0 aromatic carbocycles. The summed E-state index contributed by atoms with van der Waals surface area (Å²) < 4.78 is 5.25. The van der Waals surface area contributed by atoms with E-state index in [1.807, 2.05) is 6.92 Å². The van der Waals surface area contributed by atoms with Crippen LogP contribution < -0.4 is 10.6 Å². The van der Waals surface area contributed by atoms with Crippen LogP contribution in [0, 0.1) is 11.3 Å². The molecule has 88 valence electrons. The molecule has 1 aliphatic heterocycles. The predicted octanol–water partition coefficient (Wildman–Crippen LogP) is -0.689. The Kier molecular flexibility index (Phi) is 4.26. The van der Waals surface area contributed by atoms with E-state index in [-0.39, 0.29) is 6.54 Å². The molecule has 0 radical (unpaired) electrons. The molecule has 1 unspecified atom stereocenters. The van der Waals surface area contributed by atoms with Crippen LogP contribution in [0.2, 0.25) is 0 Å². The first kappa shape index (κ1) is 12.5. The molecule has 0 aliphatic carbocycles. The van der Waals surface area contributed by atoms with Gasteiger partial charge in [-0.1, -0.05) is 0 Å². The number of hydrogen-bond donors (Lipinski definition) is 2. The molecule has 0 spiro atoms. The maximum absolute atomic E-state index is 11.4. The third kappa shape index (κ3) is 3.51. The summed E-state index contributed by atoms with van der Waals surface area (Å²) in [6, 6.07) is 1.73. The highest BCUT2D eigenvalue weighted by atomic mass is 16.5. The number of nitriles is 1. The molecular weight excluding hydrogens is 210 g/mol. The van der Waals surface area contributed by atoms with Crippen LogP contribution in [0.15, 0.2) is 0 Å². The minimum Gasteiger partial charge on any atom is -0.379 e. The Balaban J connectivity index is 2.43. The highest BCUT2D eigenvalue weighted by molar-refractivity contribution is 6.35. The Morgan fingerprint density at radius 2 is 2.25 bits per heavy atom. The number of carbonyl (C=O) groups excluding carboxylic acids is 2. The second kappa shape index (κ2) is 5.47. The van der Waals surface area contributed by atoms with Crippen LogP contribution in [-0.2, 0) is 14.3 Å². The Labute approximate surface area is 93.9 Å². The first-order valence-corrected chi connectivity index (χ1v) is 5.12. The summed E-state index contributed by atoms with van der Waals surface area (Å²) in [7, 11) is 0. The molecule has 6 nitrogen and oxygen atoms in total. The van der Waals surface area contributed by atoms with E-state index in [2.05, 4.69) is 10.6 Å². The van der Waals surface area contributed by atoms with Gasteiger partial charge in [-0.2, -0.15) is 5.26 Å². The Morgan fingerprint density at radius 1 is 1.50 bits per heavy atom. The third-order valence-corrected chi connectivity index (χ3v) is 2.39. The van der Waals surface area contributed by atoms with E-state index in [1.54, 1.807) is 6.07 Å². The molecule has 6 heteroatoms. The van der Waals surface area contributed by atoms with Crippen LogP contribution in [0.25, 0.3) is 0 Å². The summed E-state index contributed by atoms with van der Waals surface area (Å²) >= 11 is 0. The average Bonchev–Trinajstić information content (AvgIpc) is 2.26. The summed E-state index contributed by atoms with van der Waals surface area (Å²) in [6.07, 6.45) is 1.64. The summed E-state index contributed by atoms with van der Waals surface area (Å²) in [5.74, 6) is -1.50. The van der Waals surface area contributed by atoms with Crippen LogP contribution in [0.5, 0.6) is 0 Å². The number of nitrogens with zero attached hydrogens (tertiary/aromatic N) is 1. The van der Waals surface area contributed by atoms with E-state index in [4.69, 9.17) is 10.00 Å². The maximum Gasteiger partial charge on any atom is 0.310 e. The van der Waals surface area contributed by atoms with Crippen molar-refractivity contribution in [3.63, 3.8) is 0 Å². The highest BCUT2D eigenvalue weighted by Crippen LogP contribution is 2.17. The maximum atomic E-state index is 11.4. The number of amides is 2. The van der Waals surface area contributed by atoms with Crippen LogP contribution in [-0.4, -0.2) is 37.1 Å². The van der Waals surface area contributed by atoms with Crippen molar-refractivity contribution in [3.8, 4) is 6.07 Å². The fourth-order valence-electron chi connectivity index (χ4n) is 1.56. The molecule has 0 aromatic rings. The molecule has 0 aromatic heterocycles. The molecule has 0 saturated carbocycles. The Hall–Kier alpha value is -1.61. The number of carbonyl (C=O) groups is 2. The fourth-order valence-corrected chi connectivity index (χ4v) is 1.56. The summed E-state index contributed by atoms with van der Waals surface area (Å²) in [5.41, 5.74) is -0.487. The molecule has 2 N–H and O–H groups in total. The van der Waals surface area contributed by atoms with Crippen molar-refractivity contribution in [2.75, 3.05) is 19.8 Å². The first-order chi connectivity index (χ1) is 7.57. The molecule has 0 bridgehead atoms. The normalized spacial score (nSPS) is 24.2. The van der Waals surface area contributed by atoms with E-state index >= 15 is 0 Å². The standard InChI is InChI=1S/C10H15N3O3/c1-10(3-2-6-16-7-10)13-9(15)8(14)12-5-4-11/h2-3,5-7H2,1H3,(H,12,14)(H,13,15). The van der Waals surface area contributed by atoms with Gasteiger partial charge in [-0.25, -0.2) is 0 Å². The SMILES string of the molecule is CC1(NC(=O)C(=O)NCC#N)CCCOC1. The molecule has 1 atom stereocenters. The van der Waals surface area contributed by atoms with Gasteiger partial charge in [0.2, 0.25) is 0 Å². The predicted molar refractivity (Wildman–Crippen MR) is 55.2 cm³/mol. The lowest BCUT2D eigenvalue weighted by Gasteiger charge is -2.33. The van der Waals surface area contributed by atoms with Gasteiger partial charge in [-0.3, -0.25) is 9.59 Å². The van der Waals surface area contributed by atoms with Crippen LogP contribution in [0.1, 0.15) is 19.8 Å². The van der Waals surface area contributed by atoms with Gasteiger partial charge in [0.1, 0.15) is 6.54 Å². The van der Waals surface area contributed by atoms with Crippen LogP contribution in [0.3, 0.4) is 0 Å². The molecule has 2 amide bonds. The topological polar surface area (TPSA) is 91.2 Å². The first-order valence-electron chi connectivity index (χ1n) is 5.12. The summed E-state index contributed by atoms with van der Waals surface area (Å²) in [6.45, 7) is 2.76. The van der Waals surface area contributed by atoms with Gasteiger partial charge in [-0.15, -0.1) is 0 Å². The molecule has 1 heterocycles. The van der Waals surface area contributed by atoms with E-state index in [0.717, 1.165) is 12.8 Å². The van der Waals surface area contributed by atoms with Gasteiger partial charge in [0.15, 0.2) is 0 Å². The van der Waals surface area contributed by atoms with Gasteiger partial charge in [0, 0.05) is 6.61 Å². The molecule has 1 rings (SSSR count). The minimum atomic E-state index is -0.784. The van der Waals surface area contributed by atoms with Crippen molar-refractivity contribution in [1.29, 1.82) is 5.26 Å². The van der Waals surface area contributed by atoms with Crippen LogP contribution in [0.4, 0.5) is 0 Å². The zero-order valence-electron chi connectivity index (χ0n) is 9.21. The molecule has 1 fully saturated rings. The molecule has 1 saturated heterocycles. The molecular formula is C10H15N3O3. The Bertz CT molecular complexity index is 316. The van der Waals surface area contributed by atoms with Gasteiger partial charge in [-0.05, 0) is 19.8 Å². The van der Waals surface area contributed by atoms with Gasteiger partial charge in [0.25, 0.3) is 0 Å². The smallest absolute Gasteiger partial charge is 0.310 e. The van der Waals surface area contributed by atoms with E-state index in [0.29, 0.717) is 13.2 Å². The molecule has 1 aliphatic rings. The van der Waals surface area contributed by atoms with Crippen molar-refractivity contribution >= 4 is 11.8 Å². The monoisotopic (exact) mass is 225 g/mol. The number of nitrogens with one attached hydrogen (secondary N) is 2. The van der Waals surface area contributed by atoms with Gasteiger partial charge < -0.3 is 15.4 Å². The quantitative estimate of drug-likeness (QED) is 0.480. The lowest BCUT2D eigenvalue weighted by Crippen LogP contribution is -2.55. The summed E-state index contributed by atoms with van der Waals surface area (Å²) in [5, 5.41) is 13.1.